The van der Waals surface area contributed by atoms with E-state index < -0.39 is 0 Å². The van der Waals surface area contributed by atoms with Gasteiger partial charge in [0.2, 0.25) is 0 Å². The SMILES string of the molecule is Cc1cnc(C2(CN)COC2)n1C. The largest absolute Gasteiger partial charge is 0.379 e. The molecule has 4 heteroatoms. The summed E-state index contributed by atoms with van der Waals surface area (Å²) in [5.41, 5.74) is 6.88. The Morgan fingerprint density at radius 3 is 2.69 bits per heavy atom. The van der Waals surface area contributed by atoms with Crippen molar-refractivity contribution < 1.29 is 4.74 Å². The highest BCUT2D eigenvalue weighted by Gasteiger charge is 2.42. The van der Waals surface area contributed by atoms with Crippen molar-refractivity contribution in [2.24, 2.45) is 12.8 Å². The lowest BCUT2D eigenvalue weighted by atomic mass is 9.85. The third-order valence-corrected chi connectivity index (χ3v) is 2.84. The van der Waals surface area contributed by atoms with Crippen LogP contribution in [0, 0.1) is 6.92 Å². The lowest BCUT2D eigenvalue weighted by Crippen LogP contribution is -2.53. The highest BCUT2D eigenvalue weighted by atomic mass is 16.5. The lowest BCUT2D eigenvalue weighted by molar-refractivity contribution is -0.0606. The second kappa shape index (κ2) is 2.82. The molecule has 1 fully saturated rings. The van der Waals surface area contributed by atoms with Crippen molar-refractivity contribution in [1.29, 1.82) is 0 Å². The van der Waals surface area contributed by atoms with E-state index in [1.807, 2.05) is 20.2 Å². The first kappa shape index (κ1) is 8.72. The molecular formula is C9H15N3O. The first-order chi connectivity index (χ1) is 6.19. The third-order valence-electron chi connectivity index (χ3n) is 2.84. The molecule has 0 unspecified atom stereocenters. The number of nitrogens with zero attached hydrogens (tertiary/aromatic N) is 2. The Balaban J connectivity index is 2.38. The van der Waals surface area contributed by atoms with Gasteiger partial charge in [-0.2, -0.15) is 0 Å². The fourth-order valence-corrected chi connectivity index (χ4v) is 1.67. The Morgan fingerprint density at radius 1 is 1.69 bits per heavy atom. The van der Waals surface area contributed by atoms with Crippen LogP contribution in [0.1, 0.15) is 11.5 Å². The quantitative estimate of drug-likeness (QED) is 0.696. The molecule has 1 aromatic rings. The van der Waals surface area contributed by atoms with Crippen LogP contribution in [0.25, 0.3) is 0 Å². The fraction of sp³-hybridized carbons (Fsp3) is 0.667. The van der Waals surface area contributed by atoms with Gasteiger partial charge in [0.05, 0.1) is 18.6 Å². The van der Waals surface area contributed by atoms with E-state index in [-0.39, 0.29) is 5.41 Å². The molecule has 72 valence electrons. The van der Waals surface area contributed by atoms with Gasteiger partial charge in [-0.15, -0.1) is 0 Å². The van der Waals surface area contributed by atoms with E-state index in [4.69, 9.17) is 10.5 Å². The minimum Gasteiger partial charge on any atom is -0.379 e. The number of aromatic nitrogens is 2. The minimum absolute atomic E-state index is 0.0248. The highest BCUT2D eigenvalue weighted by molar-refractivity contribution is 5.18. The Hall–Kier alpha value is -0.870. The number of aryl methyl sites for hydroxylation is 1. The zero-order valence-corrected chi connectivity index (χ0v) is 8.08. The van der Waals surface area contributed by atoms with Gasteiger partial charge in [-0.3, -0.25) is 0 Å². The molecule has 0 spiro atoms. The topological polar surface area (TPSA) is 53.1 Å². The Morgan fingerprint density at radius 2 is 2.38 bits per heavy atom. The summed E-state index contributed by atoms with van der Waals surface area (Å²) in [7, 11) is 2.02. The zero-order valence-electron chi connectivity index (χ0n) is 8.08. The van der Waals surface area contributed by atoms with Crippen LogP contribution in [0.3, 0.4) is 0 Å². The molecule has 1 aliphatic rings. The molecule has 0 radical (unpaired) electrons. The van der Waals surface area contributed by atoms with Crippen molar-refractivity contribution >= 4 is 0 Å². The Bertz CT molecular complexity index is 309. The highest BCUT2D eigenvalue weighted by Crippen LogP contribution is 2.30. The van der Waals surface area contributed by atoms with E-state index in [2.05, 4.69) is 9.55 Å². The van der Waals surface area contributed by atoms with Gasteiger partial charge < -0.3 is 15.0 Å². The van der Waals surface area contributed by atoms with Crippen LogP contribution in [0.2, 0.25) is 0 Å². The van der Waals surface area contributed by atoms with Crippen LogP contribution in [0.15, 0.2) is 6.20 Å². The second-order valence-electron chi connectivity index (χ2n) is 3.76. The summed E-state index contributed by atoms with van der Waals surface area (Å²) in [6.45, 7) is 4.05. The normalized spacial score (nSPS) is 19.9. The summed E-state index contributed by atoms with van der Waals surface area (Å²) in [4.78, 5) is 4.38. The number of rotatable bonds is 2. The fourth-order valence-electron chi connectivity index (χ4n) is 1.67. The Kier molecular flexibility index (Phi) is 1.89. The first-order valence-electron chi connectivity index (χ1n) is 4.46. The van der Waals surface area contributed by atoms with Crippen molar-refractivity contribution in [1.82, 2.24) is 9.55 Å². The van der Waals surface area contributed by atoms with Crippen molar-refractivity contribution in [2.45, 2.75) is 12.3 Å². The summed E-state index contributed by atoms with van der Waals surface area (Å²) < 4.78 is 7.31. The molecule has 13 heavy (non-hydrogen) atoms. The number of imidazole rings is 1. The molecule has 0 aromatic carbocycles. The van der Waals surface area contributed by atoms with Crippen LogP contribution in [0.4, 0.5) is 0 Å². The number of ether oxygens (including phenoxy) is 1. The predicted molar refractivity (Wildman–Crippen MR) is 49.5 cm³/mol. The van der Waals surface area contributed by atoms with Gasteiger partial charge in [0.25, 0.3) is 0 Å². The standard InChI is InChI=1S/C9H15N3O/c1-7-3-11-8(12(7)2)9(4-10)5-13-6-9/h3H,4-6,10H2,1-2H3. The molecule has 0 atom stereocenters. The Labute approximate surface area is 77.7 Å². The predicted octanol–water partition coefficient (Wildman–Crippen LogP) is -0.0448. The summed E-state index contributed by atoms with van der Waals surface area (Å²) in [5, 5.41) is 0. The monoisotopic (exact) mass is 181 g/mol. The number of hydrogen-bond acceptors (Lipinski definition) is 3. The van der Waals surface area contributed by atoms with Gasteiger partial charge in [0, 0.05) is 25.5 Å². The van der Waals surface area contributed by atoms with Crippen LogP contribution in [-0.2, 0) is 17.2 Å². The lowest BCUT2D eigenvalue weighted by Gasteiger charge is -2.39. The molecule has 0 amide bonds. The summed E-state index contributed by atoms with van der Waals surface area (Å²) in [5.74, 6) is 1.05. The molecular weight excluding hydrogens is 166 g/mol. The van der Waals surface area contributed by atoms with Gasteiger partial charge >= 0.3 is 0 Å². The van der Waals surface area contributed by atoms with E-state index in [1.165, 1.54) is 0 Å². The average molecular weight is 181 g/mol. The van der Waals surface area contributed by atoms with Crippen molar-refractivity contribution in [3.63, 3.8) is 0 Å². The van der Waals surface area contributed by atoms with E-state index >= 15 is 0 Å². The maximum Gasteiger partial charge on any atom is 0.120 e. The maximum absolute atomic E-state index is 5.75. The third kappa shape index (κ3) is 1.09. The maximum atomic E-state index is 5.75. The van der Waals surface area contributed by atoms with Crippen molar-refractivity contribution in [3.8, 4) is 0 Å². The van der Waals surface area contributed by atoms with Crippen LogP contribution in [0.5, 0.6) is 0 Å². The van der Waals surface area contributed by atoms with Gasteiger partial charge in [-0.1, -0.05) is 0 Å². The van der Waals surface area contributed by atoms with Gasteiger partial charge in [-0.05, 0) is 6.92 Å². The van der Waals surface area contributed by atoms with Crippen LogP contribution >= 0.6 is 0 Å². The molecule has 4 nitrogen and oxygen atoms in total. The molecule has 0 aliphatic carbocycles. The molecule has 2 heterocycles. The van der Waals surface area contributed by atoms with E-state index in [0.29, 0.717) is 19.8 Å². The van der Waals surface area contributed by atoms with E-state index in [1.54, 1.807) is 0 Å². The summed E-state index contributed by atoms with van der Waals surface area (Å²) in [6, 6.07) is 0. The first-order valence-corrected chi connectivity index (χ1v) is 4.46. The molecule has 2 rings (SSSR count). The number of nitrogens with two attached hydrogens (primary N) is 1. The summed E-state index contributed by atoms with van der Waals surface area (Å²) in [6.07, 6.45) is 1.88. The van der Waals surface area contributed by atoms with E-state index in [0.717, 1.165) is 11.5 Å². The van der Waals surface area contributed by atoms with Crippen LogP contribution < -0.4 is 5.73 Å². The van der Waals surface area contributed by atoms with Gasteiger partial charge in [0.15, 0.2) is 0 Å². The summed E-state index contributed by atoms with van der Waals surface area (Å²) >= 11 is 0. The van der Waals surface area contributed by atoms with Crippen molar-refractivity contribution in [3.05, 3.63) is 17.7 Å². The molecule has 2 N–H and O–H groups in total. The second-order valence-corrected chi connectivity index (χ2v) is 3.76. The zero-order chi connectivity index (χ0) is 9.47. The smallest absolute Gasteiger partial charge is 0.120 e. The van der Waals surface area contributed by atoms with Gasteiger partial charge in [0.1, 0.15) is 5.82 Å². The van der Waals surface area contributed by atoms with Gasteiger partial charge in [-0.25, -0.2) is 4.98 Å². The minimum atomic E-state index is -0.0248. The molecule has 1 aliphatic heterocycles. The molecule has 0 saturated carbocycles. The number of hydrogen-bond donors (Lipinski definition) is 1. The molecule has 1 saturated heterocycles. The molecule has 1 aromatic heterocycles. The molecule has 0 bridgehead atoms. The van der Waals surface area contributed by atoms with E-state index in [9.17, 15) is 0 Å². The van der Waals surface area contributed by atoms with Crippen LogP contribution in [-0.4, -0.2) is 29.3 Å². The average Bonchev–Trinajstić information content (AvgIpc) is 2.35. The van der Waals surface area contributed by atoms with Crippen molar-refractivity contribution in [2.75, 3.05) is 19.8 Å².